The van der Waals surface area contributed by atoms with Gasteiger partial charge in [0.2, 0.25) is 0 Å². The summed E-state index contributed by atoms with van der Waals surface area (Å²) in [6.45, 7) is 0. The van der Waals surface area contributed by atoms with E-state index in [-0.39, 0.29) is 6.03 Å². The maximum Gasteiger partial charge on any atom is 0.326 e. The lowest BCUT2D eigenvalue weighted by Gasteiger charge is -2.32. The van der Waals surface area contributed by atoms with Gasteiger partial charge in [-0.05, 0) is 37.1 Å². The highest BCUT2D eigenvalue weighted by Crippen LogP contribution is 2.47. The van der Waals surface area contributed by atoms with Crippen molar-refractivity contribution in [3.63, 3.8) is 0 Å². The SMILES string of the molecule is O=C(NC1CCCCCCC1)N1c2ccccc2Sc2ccccc21. The summed E-state index contributed by atoms with van der Waals surface area (Å²) in [6.07, 6.45) is 8.54. The Morgan fingerprint density at radius 2 is 1.36 bits per heavy atom. The van der Waals surface area contributed by atoms with Crippen LogP contribution in [0.4, 0.5) is 16.2 Å². The van der Waals surface area contributed by atoms with E-state index in [0.717, 1.165) is 34.0 Å². The summed E-state index contributed by atoms with van der Waals surface area (Å²) in [5.41, 5.74) is 1.96. The van der Waals surface area contributed by atoms with E-state index in [4.69, 9.17) is 0 Å². The smallest absolute Gasteiger partial charge is 0.326 e. The van der Waals surface area contributed by atoms with Gasteiger partial charge >= 0.3 is 6.03 Å². The number of nitrogens with zero attached hydrogens (tertiary/aromatic N) is 1. The molecule has 2 aromatic rings. The number of urea groups is 1. The molecule has 4 heteroatoms. The summed E-state index contributed by atoms with van der Waals surface area (Å²) >= 11 is 1.73. The van der Waals surface area contributed by atoms with Crippen LogP contribution in [0.2, 0.25) is 0 Å². The molecule has 0 unspecified atom stereocenters. The standard InChI is InChI=1S/C21H24N2OS/c24-21(22-16-10-4-2-1-3-5-11-16)23-17-12-6-8-14-19(17)25-20-15-9-7-13-18(20)23/h6-9,12-16H,1-5,10-11H2,(H,22,24). The number of nitrogens with one attached hydrogen (secondary N) is 1. The minimum absolute atomic E-state index is 0.00535. The second-order valence-corrected chi connectivity index (χ2v) is 7.95. The number of anilines is 2. The fourth-order valence-corrected chi connectivity index (χ4v) is 4.82. The maximum absolute atomic E-state index is 13.2. The van der Waals surface area contributed by atoms with Crippen LogP contribution in [0.3, 0.4) is 0 Å². The van der Waals surface area contributed by atoms with Crippen LogP contribution in [-0.2, 0) is 0 Å². The van der Waals surface area contributed by atoms with E-state index >= 15 is 0 Å². The number of hydrogen-bond donors (Lipinski definition) is 1. The van der Waals surface area contributed by atoms with E-state index in [1.165, 1.54) is 32.1 Å². The Labute approximate surface area is 153 Å². The fourth-order valence-electron chi connectivity index (χ4n) is 3.76. The van der Waals surface area contributed by atoms with Crippen molar-refractivity contribution in [2.75, 3.05) is 4.90 Å². The highest BCUT2D eigenvalue weighted by atomic mass is 32.2. The lowest BCUT2D eigenvalue weighted by Crippen LogP contribution is -2.43. The van der Waals surface area contributed by atoms with Gasteiger partial charge in [0.1, 0.15) is 0 Å². The highest BCUT2D eigenvalue weighted by molar-refractivity contribution is 7.99. The predicted octanol–water partition coefficient (Wildman–Crippen LogP) is 6.11. The number of benzene rings is 2. The Bertz CT molecular complexity index is 708. The zero-order valence-corrected chi connectivity index (χ0v) is 15.2. The van der Waals surface area contributed by atoms with Gasteiger partial charge in [-0.1, -0.05) is 68.1 Å². The van der Waals surface area contributed by atoms with Crippen molar-refractivity contribution in [3.8, 4) is 0 Å². The van der Waals surface area contributed by atoms with E-state index < -0.39 is 0 Å². The second-order valence-electron chi connectivity index (χ2n) is 6.86. The van der Waals surface area contributed by atoms with Crippen LogP contribution in [0.5, 0.6) is 0 Å². The molecule has 1 fully saturated rings. The molecular formula is C21H24N2OS. The average Bonchev–Trinajstić information content (AvgIpc) is 2.61. The Morgan fingerprint density at radius 1 is 0.840 bits per heavy atom. The van der Waals surface area contributed by atoms with Gasteiger partial charge in [-0.3, -0.25) is 4.90 Å². The maximum atomic E-state index is 13.2. The Kier molecular flexibility index (Phi) is 4.97. The monoisotopic (exact) mass is 352 g/mol. The van der Waals surface area contributed by atoms with E-state index in [9.17, 15) is 4.79 Å². The third-order valence-electron chi connectivity index (χ3n) is 5.07. The van der Waals surface area contributed by atoms with Gasteiger partial charge < -0.3 is 5.32 Å². The molecule has 2 aromatic carbocycles. The number of rotatable bonds is 1. The summed E-state index contributed by atoms with van der Waals surface area (Å²) < 4.78 is 0. The summed E-state index contributed by atoms with van der Waals surface area (Å²) in [6, 6.07) is 16.6. The van der Waals surface area contributed by atoms with Crippen LogP contribution < -0.4 is 10.2 Å². The van der Waals surface area contributed by atoms with Gasteiger partial charge in [0.25, 0.3) is 0 Å². The minimum atomic E-state index is 0.00535. The minimum Gasteiger partial charge on any atom is -0.335 e. The molecule has 1 aliphatic carbocycles. The van der Waals surface area contributed by atoms with Crippen LogP contribution in [0.15, 0.2) is 58.3 Å². The molecule has 1 saturated carbocycles. The summed E-state index contributed by atoms with van der Waals surface area (Å²) in [5, 5.41) is 3.32. The van der Waals surface area contributed by atoms with Crippen LogP contribution in [0.25, 0.3) is 0 Å². The van der Waals surface area contributed by atoms with E-state index in [2.05, 4.69) is 17.4 Å². The molecule has 0 radical (unpaired) electrons. The molecule has 1 N–H and O–H groups in total. The van der Waals surface area contributed by atoms with Gasteiger partial charge in [-0.15, -0.1) is 0 Å². The Balaban J connectivity index is 1.61. The van der Waals surface area contributed by atoms with Gasteiger partial charge in [-0.2, -0.15) is 0 Å². The lowest BCUT2D eigenvalue weighted by molar-refractivity contribution is 0.241. The lowest BCUT2D eigenvalue weighted by atomic mass is 9.97. The molecule has 0 atom stereocenters. The molecule has 0 bridgehead atoms. The zero-order chi connectivity index (χ0) is 17.1. The van der Waals surface area contributed by atoms with Crippen molar-refractivity contribution in [2.45, 2.75) is 60.8 Å². The second kappa shape index (κ2) is 7.52. The molecule has 4 rings (SSSR count). The van der Waals surface area contributed by atoms with Gasteiger partial charge in [-0.25, -0.2) is 4.79 Å². The number of fused-ring (bicyclic) bond motifs is 2. The zero-order valence-electron chi connectivity index (χ0n) is 14.4. The first-order valence-electron chi connectivity index (χ1n) is 9.29. The third-order valence-corrected chi connectivity index (χ3v) is 6.20. The fraction of sp³-hybridized carbons (Fsp3) is 0.381. The molecule has 130 valence electrons. The van der Waals surface area contributed by atoms with E-state index in [0.29, 0.717) is 6.04 Å². The molecular weight excluding hydrogens is 328 g/mol. The van der Waals surface area contributed by atoms with Crippen molar-refractivity contribution < 1.29 is 4.79 Å². The third kappa shape index (κ3) is 3.54. The van der Waals surface area contributed by atoms with Crippen molar-refractivity contribution in [2.24, 2.45) is 0 Å². The molecule has 0 saturated heterocycles. The molecule has 2 aliphatic rings. The molecule has 0 aromatic heterocycles. The van der Waals surface area contributed by atoms with Crippen LogP contribution >= 0.6 is 11.8 Å². The molecule has 1 heterocycles. The summed E-state index contributed by atoms with van der Waals surface area (Å²) in [7, 11) is 0. The molecule has 3 nitrogen and oxygen atoms in total. The first kappa shape index (κ1) is 16.5. The highest BCUT2D eigenvalue weighted by Gasteiger charge is 2.29. The number of carbonyl (C=O) groups excluding carboxylic acids is 1. The van der Waals surface area contributed by atoms with Crippen LogP contribution in [0, 0.1) is 0 Å². The number of hydrogen-bond acceptors (Lipinski definition) is 2. The molecule has 0 spiro atoms. The number of carbonyl (C=O) groups is 1. The van der Waals surface area contributed by atoms with Crippen molar-refractivity contribution >= 4 is 29.2 Å². The number of amides is 2. The summed E-state index contributed by atoms with van der Waals surface area (Å²) in [4.78, 5) is 17.3. The molecule has 25 heavy (non-hydrogen) atoms. The average molecular weight is 353 g/mol. The quantitative estimate of drug-likeness (QED) is 0.671. The Hall–Kier alpha value is -1.94. The van der Waals surface area contributed by atoms with Gasteiger partial charge in [0.05, 0.1) is 11.4 Å². The normalized spacial score (nSPS) is 17.8. The van der Waals surface area contributed by atoms with Gasteiger partial charge in [0, 0.05) is 15.8 Å². The molecule has 1 aliphatic heterocycles. The predicted molar refractivity (Wildman–Crippen MR) is 104 cm³/mol. The first-order chi connectivity index (χ1) is 12.3. The largest absolute Gasteiger partial charge is 0.335 e. The van der Waals surface area contributed by atoms with Crippen LogP contribution in [-0.4, -0.2) is 12.1 Å². The van der Waals surface area contributed by atoms with E-state index in [1.807, 2.05) is 41.3 Å². The number of para-hydroxylation sites is 2. The topological polar surface area (TPSA) is 32.3 Å². The van der Waals surface area contributed by atoms with Crippen molar-refractivity contribution in [1.29, 1.82) is 0 Å². The van der Waals surface area contributed by atoms with E-state index in [1.54, 1.807) is 11.8 Å². The summed E-state index contributed by atoms with van der Waals surface area (Å²) in [5.74, 6) is 0. The van der Waals surface area contributed by atoms with Crippen molar-refractivity contribution in [1.82, 2.24) is 5.32 Å². The van der Waals surface area contributed by atoms with Crippen molar-refractivity contribution in [3.05, 3.63) is 48.5 Å². The van der Waals surface area contributed by atoms with Gasteiger partial charge in [0.15, 0.2) is 0 Å². The first-order valence-corrected chi connectivity index (χ1v) is 10.1. The Morgan fingerprint density at radius 3 is 1.96 bits per heavy atom. The van der Waals surface area contributed by atoms with Crippen LogP contribution in [0.1, 0.15) is 44.9 Å². The molecule has 2 amide bonds.